The number of hydrogen-bond acceptors (Lipinski definition) is 7. The van der Waals surface area contributed by atoms with Gasteiger partial charge >= 0.3 is 0 Å². The number of carbonyl (C=O) groups is 5. The highest BCUT2D eigenvalue weighted by atomic mass is 16.5. The number of methoxy groups -OCH3 is 1. The van der Waals surface area contributed by atoms with Crippen LogP contribution in [0.15, 0.2) is 109 Å². The molecule has 3 atom stereocenters. The Morgan fingerprint density at radius 1 is 0.700 bits per heavy atom. The quantitative estimate of drug-likeness (QED) is 0.113. The van der Waals surface area contributed by atoms with E-state index in [9.17, 15) is 24.0 Å². The highest BCUT2D eigenvalue weighted by Gasteiger charge is 2.42. The van der Waals surface area contributed by atoms with Crippen LogP contribution in [-0.4, -0.2) is 104 Å². The van der Waals surface area contributed by atoms with E-state index in [0.717, 1.165) is 47.9 Å². The summed E-state index contributed by atoms with van der Waals surface area (Å²) < 4.78 is 5.85. The summed E-state index contributed by atoms with van der Waals surface area (Å²) in [6, 6.07) is 32.8. The molecule has 1 aliphatic carbocycles. The molecule has 5 amide bonds. The SMILES string of the molecule is CO[C@H]1CCN(C(=O)[C@@H](N)C2CCCCC2)[C@@H]1CN(CCc1ccccc1)C(=O)CNC(=O)c1ccc(-c2ccc(C(=O)NCC(=O)NCCc3ccccc3)cc2)cc1. The van der Waals surface area contributed by atoms with Gasteiger partial charge in [-0.3, -0.25) is 24.0 Å². The second kappa shape index (κ2) is 22.0. The number of likely N-dealkylation sites (tertiary alicyclic amines) is 1. The second-order valence-corrected chi connectivity index (χ2v) is 15.8. The van der Waals surface area contributed by atoms with Crippen molar-refractivity contribution in [3.8, 4) is 11.1 Å². The van der Waals surface area contributed by atoms with Gasteiger partial charge in [-0.2, -0.15) is 0 Å². The zero-order valence-corrected chi connectivity index (χ0v) is 34.5. The number of ether oxygens (including phenoxy) is 1. The largest absolute Gasteiger partial charge is 0.379 e. The van der Waals surface area contributed by atoms with E-state index in [4.69, 9.17) is 10.5 Å². The van der Waals surface area contributed by atoms with Crippen LogP contribution in [0, 0.1) is 5.92 Å². The number of amides is 5. The van der Waals surface area contributed by atoms with Gasteiger partial charge in [0.1, 0.15) is 0 Å². The van der Waals surface area contributed by atoms with E-state index in [0.29, 0.717) is 50.0 Å². The van der Waals surface area contributed by atoms with Crippen LogP contribution in [0.2, 0.25) is 0 Å². The maximum atomic E-state index is 13.9. The molecule has 0 unspecified atom stereocenters. The summed E-state index contributed by atoms with van der Waals surface area (Å²) in [7, 11) is 1.64. The number of rotatable bonds is 18. The third-order valence-electron chi connectivity index (χ3n) is 11.8. The van der Waals surface area contributed by atoms with Crippen LogP contribution < -0.4 is 21.7 Å². The van der Waals surface area contributed by atoms with Gasteiger partial charge in [-0.1, -0.05) is 104 Å². The molecule has 0 aromatic heterocycles. The summed E-state index contributed by atoms with van der Waals surface area (Å²) >= 11 is 0. The van der Waals surface area contributed by atoms with Crippen molar-refractivity contribution in [2.75, 3.05) is 46.4 Å². The van der Waals surface area contributed by atoms with Gasteiger partial charge in [-0.25, -0.2) is 0 Å². The van der Waals surface area contributed by atoms with Gasteiger partial charge in [-0.15, -0.1) is 0 Å². The van der Waals surface area contributed by atoms with Crippen molar-refractivity contribution in [2.24, 2.45) is 11.7 Å². The van der Waals surface area contributed by atoms with Crippen LogP contribution in [0.3, 0.4) is 0 Å². The molecule has 60 heavy (non-hydrogen) atoms. The first-order valence-corrected chi connectivity index (χ1v) is 21.2. The second-order valence-electron chi connectivity index (χ2n) is 15.8. The van der Waals surface area contributed by atoms with E-state index in [2.05, 4.69) is 16.0 Å². The molecule has 6 rings (SSSR count). The predicted octanol–water partition coefficient (Wildman–Crippen LogP) is 4.77. The molecule has 2 fully saturated rings. The van der Waals surface area contributed by atoms with Crippen molar-refractivity contribution >= 4 is 29.5 Å². The molecular formula is C48H58N6O6. The third kappa shape index (κ3) is 12.1. The molecule has 1 heterocycles. The molecule has 1 saturated carbocycles. The zero-order valence-electron chi connectivity index (χ0n) is 34.5. The third-order valence-corrected chi connectivity index (χ3v) is 11.8. The standard InChI is InChI=1S/C48H58N6O6/c1-60-42-27-30-54(48(59)45(49)38-15-9-4-10-16-38)41(42)33-53(29-26-35-13-7-3-8-14-35)44(56)32-52-47(58)40-23-19-37(20-24-40)36-17-21-39(22-18-36)46(57)51-31-43(55)50-28-25-34-11-5-2-6-12-34/h2-3,5-8,11-14,17-24,38,41-42,45H,4,9-10,15-16,25-33,49H2,1H3,(H,50,55)(H,51,57)(H,52,58)/t41-,42+,45+/m1/s1. The van der Waals surface area contributed by atoms with Crippen molar-refractivity contribution in [1.29, 1.82) is 0 Å². The molecule has 0 bridgehead atoms. The molecule has 12 heteroatoms. The minimum atomic E-state index is -0.574. The lowest BCUT2D eigenvalue weighted by molar-refractivity contribution is -0.139. The van der Waals surface area contributed by atoms with E-state index < -0.39 is 6.04 Å². The highest BCUT2D eigenvalue weighted by molar-refractivity contribution is 5.98. The first kappa shape index (κ1) is 43.7. The zero-order chi connectivity index (χ0) is 42.3. The first-order valence-electron chi connectivity index (χ1n) is 21.2. The summed E-state index contributed by atoms with van der Waals surface area (Å²) in [6.07, 6.45) is 7.00. The van der Waals surface area contributed by atoms with Crippen molar-refractivity contribution in [3.63, 3.8) is 0 Å². The van der Waals surface area contributed by atoms with Crippen LogP contribution in [0.25, 0.3) is 11.1 Å². The van der Waals surface area contributed by atoms with Gasteiger partial charge in [0.25, 0.3) is 11.8 Å². The van der Waals surface area contributed by atoms with Gasteiger partial charge in [0.2, 0.25) is 17.7 Å². The lowest BCUT2D eigenvalue weighted by atomic mass is 9.83. The Hall–Kier alpha value is -5.85. The lowest BCUT2D eigenvalue weighted by Crippen LogP contribution is -2.55. The fourth-order valence-corrected chi connectivity index (χ4v) is 8.24. The van der Waals surface area contributed by atoms with Crippen LogP contribution in [0.1, 0.15) is 70.4 Å². The number of carbonyl (C=O) groups excluding carboxylic acids is 5. The van der Waals surface area contributed by atoms with Crippen molar-refractivity contribution < 1.29 is 28.7 Å². The van der Waals surface area contributed by atoms with Crippen LogP contribution >= 0.6 is 0 Å². The predicted molar refractivity (Wildman–Crippen MR) is 232 cm³/mol. The molecule has 4 aromatic carbocycles. The van der Waals surface area contributed by atoms with Gasteiger partial charge in [0, 0.05) is 44.4 Å². The van der Waals surface area contributed by atoms with Gasteiger partial charge in [0.15, 0.2) is 0 Å². The minimum absolute atomic E-state index is 0.0770. The summed E-state index contributed by atoms with van der Waals surface area (Å²) in [4.78, 5) is 69.6. The number of benzene rings is 4. The summed E-state index contributed by atoms with van der Waals surface area (Å²) in [6.45, 7) is 1.33. The number of hydrogen-bond donors (Lipinski definition) is 4. The monoisotopic (exact) mass is 814 g/mol. The molecule has 5 N–H and O–H groups in total. The van der Waals surface area contributed by atoms with E-state index in [1.807, 2.05) is 89.8 Å². The smallest absolute Gasteiger partial charge is 0.251 e. The number of nitrogens with two attached hydrogens (primary N) is 1. The molecule has 316 valence electrons. The Bertz CT molecular complexity index is 2020. The molecular weight excluding hydrogens is 757 g/mol. The van der Waals surface area contributed by atoms with Crippen LogP contribution in [0.4, 0.5) is 0 Å². The Morgan fingerprint density at radius 2 is 1.25 bits per heavy atom. The van der Waals surface area contributed by atoms with E-state index in [1.165, 1.54) is 6.42 Å². The average molecular weight is 815 g/mol. The topological polar surface area (TPSA) is 163 Å². The maximum Gasteiger partial charge on any atom is 0.251 e. The minimum Gasteiger partial charge on any atom is -0.379 e. The number of nitrogens with one attached hydrogen (secondary N) is 3. The van der Waals surface area contributed by atoms with Crippen molar-refractivity contribution in [2.45, 2.75) is 69.6 Å². The molecule has 1 saturated heterocycles. The lowest BCUT2D eigenvalue weighted by Gasteiger charge is -2.36. The molecule has 2 aliphatic rings. The van der Waals surface area contributed by atoms with Gasteiger partial charge < -0.3 is 36.2 Å². The fraction of sp³-hybridized carbons (Fsp3) is 0.396. The normalized spacial score (nSPS) is 17.1. The highest BCUT2D eigenvalue weighted by Crippen LogP contribution is 2.29. The van der Waals surface area contributed by atoms with E-state index in [-0.39, 0.29) is 67.2 Å². The Morgan fingerprint density at radius 3 is 1.82 bits per heavy atom. The van der Waals surface area contributed by atoms with Crippen molar-refractivity contribution in [3.05, 3.63) is 131 Å². The summed E-state index contributed by atoms with van der Waals surface area (Å²) in [5.41, 5.74) is 11.3. The molecule has 0 radical (unpaired) electrons. The molecule has 4 aromatic rings. The number of nitrogens with zero attached hydrogens (tertiary/aromatic N) is 2. The average Bonchev–Trinajstić information content (AvgIpc) is 3.71. The van der Waals surface area contributed by atoms with Gasteiger partial charge in [0.05, 0.1) is 31.3 Å². The maximum absolute atomic E-state index is 13.9. The Balaban J connectivity index is 1.02. The van der Waals surface area contributed by atoms with Crippen LogP contribution in [-0.2, 0) is 32.0 Å². The fourth-order valence-electron chi connectivity index (χ4n) is 8.24. The van der Waals surface area contributed by atoms with Crippen molar-refractivity contribution in [1.82, 2.24) is 25.8 Å². The molecule has 0 spiro atoms. The molecule has 1 aliphatic heterocycles. The summed E-state index contributed by atoms with van der Waals surface area (Å²) in [5, 5.41) is 8.29. The Labute approximate surface area is 353 Å². The van der Waals surface area contributed by atoms with E-state index >= 15 is 0 Å². The summed E-state index contributed by atoms with van der Waals surface area (Å²) in [5.74, 6) is -1.17. The Kier molecular flexibility index (Phi) is 16.0. The van der Waals surface area contributed by atoms with E-state index in [1.54, 1.807) is 36.3 Å². The van der Waals surface area contributed by atoms with Gasteiger partial charge in [-0.05, 0) is 84.5 Å². The first-order chi connectivity index (χ1) is 29.2. The van der Waals surface area contributed by atoms with Crippen LogP contribution in [0.5, 0.6) is 0 Å². The molecule has 12 nitrogen and oxygen atoms in total.